The summed E-state index contributed by atoms with van der Waals surface area (Å²) in [4.78, 5) is 12.1. The highest BCUT2D eigenvalue weighted by Gasteiger charge is 2.16. The predicted octanol–water partition coefficient (Wildman–Crippen LogP) is 3.87. The molecule has 0 aliphatic heterocycles. The minimum absolute atomic E-state index is 0.0475. The van der Waals surface area contributed by atoms with Crippen molar-refractivity contribution < 1.29 is 18.0 Å². The van der Waals surface area contributed by atoms with Crippen LogP contribution in [0.25, 0.3) is 11.5 Å². The molecule has 0 bridgehead atoms. The van der Waals surface area contributed by atoms with Crippen molar-refractivity contribution >= 4 is 34.5 Å². The van der Waals surface area contributed by atoms with Crippen molar-refractivity contribution in [3.8, 4) is 11.5 Å². The van der Waals surface area contributed by atoms with E-state index < -0.39 is 17.5 Å². The first-order chi connectivity index (χ1) is 11.0. The molecule has 0 spiro atoms. The SMILES string of the molecule is O=C(Nc1nnc(-c2ccc(F)cc2F)o1)c1ccccc1I. The minimum atomic E-state index is -0.830. The zero-order chi connectivity index (χ0) is 16.4. The summed E-state index contributed by atoms with van der Waals surface area (Å²) in [5.41, 5.74) is 0.398. The van der Waals surface area contributed by atoms with Crippen LogP contribution in [0.5, 0.6) is 0 Å². The molecule has 0 radical (unpaired) electrons. The summed E-state index contributed by atoms with van der Waals surface area (Å²) in [6.07, 6.45) is 0. The molecule has 0 aliphatic rings. The molecule has 0 unspecified atom stereocenters. The number of nitrogens with one attached hydrogen (secondary N) is 1. The van der Waals surface area contributed by atoms with Crippen LogP contribution in [0.15, 0.2) is 46.9 Å². The Labute approximate surface area is 142 Å². The van der Waals surface area contributed by atoms with Gasteiger partial charge in [-0.3, -0.25) is 10.1 Å². The van der Waals surface area contributed by atoms with E-state index >= 15 is 0 Å². The number of carbonyl (C=O) groups is 1. The van der Waals surface area contributed by atoms with Gasteiger partial charge >= 0.3 is 6.01 Å². The van der Waals surface area contributed by atoms with Crippen molar-refractivity contribution in [2.45, 2.75) is 0 Å². The summed E-state index contributed by atoms with van der Waals surface area (Å²) in [5, 5.41) is 9.73. The highest BCUT2D eigenvalue weighted by atomic mass is 127. The van der Waals surface area contributed by atoms with Gasteiger partial charge in [0.05, 0.1) is 11.1 Å². The van der Waals surface area contributed by atoms with E-state index in [2.05, 4.69) is 15.5 Å². The van der Waals surface area contributed by atoms with E-state index in [1.165, 1.54) is 6.07 Å². The fourth-order valence-corrected chi connectivity index (χ4v) is 2.49. The van der Waals surface area contributed by atoms with E-state index in [-0.39, 0.29) is 17.5 Å². The quantitative estimate of drug-likeness (QED) is 0.645. The van der Waals surface area contributed by atoms with Crippen molar-refractivity contribution in [3.05, 3.63) is 63.2 Å². The third-order valence-electron chi connectivity index (χ3n) is 2.93. The molecule has 1 heterocycles. The van der Waals surface area contributed by atoms with Gasteiger partial charge in [0.25, 0.3) is 11.8 Å². The molecule has 0 saturated heterocycles. The standard InChI is InChI=1S/C15H8F2IN3O2/c16-8-5-6-9(11(17)7-8)14-20-21-15(23-14)19-13(22)10-3-1-2-4-12(10)18/h1-7H,(H,19,21,22). The van der Waals surface area contributed by atoms with Crippen LogP contribution in [0.1, 0.15) is 10.4 Å². The van der Waals surface area contributed by atoms with E-state index in [0.717, 1.165) is 9.64 Å². The second-order valence-electron chi connectivity index (χ2n) is 4.47. The van der Waals surface area contributed by atoms with E-state index in [9.17, 15) is 13.6 Å². The van der Waals surface area contributed by atoms with Gasteiger partial charge in [-0.1, -0.05) is 17.2 Å². The van der Waals surface area contributed by atoms with Crippen LogP contribution in [-0.2, 0) is 0 Å². The fraction of sp³-hybridized carbons (Fsp3) is 0. The Balaban J connectivity index is 1.82. The van der Waals surface area contributed by atoms with E-state index in [0.29, 0.717) is 11.6 Å². The van der Waals surface area contributed by atoms with Crippen LogP contribution >= 0.6 is 22.6 Å². The largest absolute Gasteiger partial charge is 0.403 e. The lowest BCUT2D eigenvalue weighted by atomic mass is 10.2. The van der Waals surface area contributed by atoms with Gasteiger partial charge in [0.1, 0.15) is 11.6 Å². The van der Waals surface area contributed by atoms with Crippen molar-refractivity contribution in [1.82, 2.24) is 10.2 Å². The summed E-state index contributed by atoms with van der Waals surface area (Å²) in [6, 6.07) is 9.76. The highest BCUT2D eigenvalue weighted by molar-refractivity contribution is 14.1. The van der Waals surface area contributed by atoms with Crippen molar-refractivity contribution in [2.75, 3.05) is 5.32 Å². The summed E-state index contributed by atoms with van der Waals surface area (Å²) < 4.78 is 32.5. The average molecular weight is 427 g/mol. The lowest BCUT2D eigenvalue weighted by molar-refractivity contribution is 0.102. The summed E-state index contributed by atoms with van der Waals surface area (Å²) in [7, 11) is 0. The molecule has 0 aliphatic carbocycles. The molecule has 23 heavy (non-hydrogen) atoms. The van der Waals surface area contributed by atoms with Crippen LogP contribution in [0.4, 0.5) is 14.8 Å². The number of amides is 1. The molecular weight excluding hydrogens is 419 g/mol. The highest BCUT2D eigenvalue weighted by Crippen LogP contribution is 2.24. The van der Waals surface area contributed by atoms with Gasteiger partial charge in [-0.05, 0) is 46.9 Å². The monoisotopic (exact) mass is 427 g/mol. The normalized spacial score (nSPS) is 10.6. The van der Waals surface area contributed by atoms with Crippen LogP contribution in [0, 0.1) is 15.2 Å². The zero-order valence-corrected chi connectivity index (χ0v) is 13.5. The zero-order valence-electron chi connectivity index (χ0n) is 11.4. The average Bonchev–Trinajstić information content (AvgIpc) is 2.95. The van der Waals surface area contributed by atoms with Crippen LogP contribution in [0.3, 0.4) is 0 Å². The van der Waals surface area contributed by atoms with E-state index in [1.54, 1.807) is 24.3 Å². The molecule has 1 N–H and O–H groups in total. The third-order valence-corrected chi connectivity index (χ3v) is 3.87. The lowest BCUT2D eigenvalue weighted by Crippen LogP contribution is -2.13. The number of halogens is 3. The lowest BCUT2D eigenvalue weighted by Gasteiger charge is -2.02. The van der Waals surface area contributed by atoms with E-state index in [1.807, 2.05) is 22.6 Å². The fourth-order valence-electron chi connectivity index (χ4n) is 1.86. The van der Waals surface area contributed by atoms with Gasteiger partial charge in [0.2, 0.25) is 0 Å². The topological polar surface area (TPSA) is 68.0 Å². The van der Waals surface area contributed by atoms with Gasteiger partial charge in [0, 0.05) is 9.64 Å². The molecular formula is C15H8F2IN3O2. The van der Waals surface area contributed by atoms with Crippen LogP contribution in [-0.4, -0.2) is 16.1 Å². The first-order valence-electron chi connectivity index (χ1n) is 6.39. The van der Waals surface area contributed by atoms with Gasteiger partial charge < -0.3 is 4.42 Å². The second-order valence-corrected chi connectivity index (χ2v) is 5.63. The van der Waals surface area contributed by atoms with Crippen molar-refractivity contribution in [3.63, 3.8) is 0 Å². The maximum Gasteiger partial charge on any atom is 0.322 e. The Morgan fingerprint density at radius 3 is 2.65 bits per heavy atom. The Kier molecular flexibility index (Phi) is 4.33. The molecule has 8 heteroatoms. The molecule has 1 aromatic heterocycles. The maximum absolute atomic E-state index is 13.7. The molecule has 0 fully saturated rings. The first kappa shape index (κ1) is 15.5. The first-order valence-corrected chi connectivity index (χ1v) is 7.47. The second kappa shape index (κ2) is 6.41. The molecule has 3 rings (SSSR count). The number of carbonyl (C=O) groups excluding carboxylic acids is 1. The number of aromatic nitrogens is 2. The number of anilines is 1. The molecule has 0 saturated carbocycles. The van der Waals surface area contributed by atoms with Gasteiger partial charge in [-0.2, -0.15) is 0 Å². The Bertz CT molecular complexity index is 883. The molecule has 1 amide bonds. The number of rotatable bonds is 3. The summed E-state index contributed by atoms with van der Waals surface area (Å²) in [5.74, 6) is -2.12. The molecule has 5 nitrogen and oxygen atoms in total. The van der Waals surface area contributed by atoms with Crippen LogP contribution in [0.2, 0.25) is 0 Å². The van der Waals surface area contributed by atoms with Crippen molar-refractivity contribution in [1.29, 1.82) is 0 Å². The molecule has 116 valence electrons. The smallest absolute Gasteiger partial charge is 0.322 e. The number of hydrogen-bond acceptors (Lipinski definition) is 4. The Hall–Kier alpha value is -2.36. The third kappa shape index (κ3) is 3.36. The minimum Gasteiger partial charge on any atom is -0.403 e. The Morgan fingerprint density at radius 1 is 1.13 bits per heavy atom. The van der Waals surface area contributed by atoms with E-state index in [4.69, 9.17) is 4.42 Å². The molecule has 2 aromatic carbocycles. The number of nitrogens with zero attached hydrogens (tertiary/aromatic N) is 2. The predicted molar refractivity (Wildman–Crippen MR) is 86.8 cm³/mol. The summed E-state index contributed by atoms with van der Waals surface area (Å²) in [6.45, 7) is 0. The van der Waals surface area contributed by atoms with Crippen molar-refractivity contribution in [2.24, 2.45) is 0 Å². The Morgan fingerprint density at radius 2 is 1.91 bits per heavy atom. The van der Waals surface area contributed by atoms with Crippen LogP contribution < -0.4 is 5.32 Å². The van der Waals surface area contributed by atoms with Gasteiger partial charge in [0.15, 0.2) is 0 Å². The number of hydrogen-bond donors (Lipinski definition) is 1. The van der Waals surface area contributed by atoms with Gasteiger partial charge in [-0.15, -0.1) is 5.10 Å². The molecule has 3 aromatic rings. The number of benzene rings is 2. The maximum atomic E-state index is 13.7. The summed E-state index contributed by atoms with van der Waals surface area (Å²) >= 11 is 2.03. The molecule has 0 atom stereocenters. The van der Waals surface area contributed by atoms with Gasteiger partial charge in [-0.25, -0.2) is 8.78 Å².